The summed E-state index contributed by atoms with van der Waals surface area (Å²) in [5.41, 5.74) is 0.660. The number of hydrogen-bond donors (Lipinski definition) is 1. The van der Waals surface area contributed by atoms with Crippen molar-refractivity contribution in [1.82, 2.24) is 5.32 Å². The molecule has 0 unspecified atom stereocenters. The van der Waals surface area contributed by atoms with Gasteiger partial charge in [0.15, 0.2) is 0 Å². The highest BCUT2D eigenvalue weighted by Crippen LogP contribution is 2.18. The number of nitrogens with one attached hydrogen (secondary N) is 1. The first kappa shape index (κ1) is 13.3. The Bertz CT molecular complexity index is 509. The molecular formula is C10H12INO3S2. The smallest absolute Gasteiger partial charge is 0.252 e. The third-order valence-corrected chi connectivity index (χ3v) is 6.22. The second-order valence-corrected chi connectivity index (χ2v) is 9.15. The monoisotopic (exact) mass is 385 g/mol. The van der Waals surface area contributed by atoms with Crippen LogP contribution < -0.4 is 5.32 Å². The third kappa shape index (κ3) is 3.65. The summed E-state index contributed by atoms with van der Waals surface area (Å²) in [5, 5.41) is 4.70. The first-order valence-corrected chi connectivity index (χ1v) is 8.99. The molecule has 1 aromatic rings. The second kappa shape index (κ2) is 5.23. The maximum Gasteiger partial charge on any atom is 0.252 e. The zero-order chi connectivity index (χ0) is 12.5. The average molecular weight is 385 g/mol. The van der Waals surface area contributed by atoms with E-state index in [0.29, 0.717) is 18.4 Å². The van der Waals surface area contributed by atoms with E-state index in [1.807, 2.05) is 11.4 Å². The van der Waals surface area contributed by atoms with E-state index < -0.39 is 9.84 Å². The number of hydrogen-bond acceptors (Lipinski definition) is 4. The summed E-state index contributed by atoms with van der Waals surface area (Å²) >= 11 is 3.69. The summed E-state index contributed by atoms with van der Waals surface area (Å²) in [6.07, 6.45) is 1.05. The van der Waals surface area contributed by atoms with Crippen LogP contribution in [0, 0.1) is 2.88 Å². The summed E-state index contributed by atoms with van der Waals surface area (Å²) in [4.78, 5) is 11.8. The quantitative estimate of drug-likeness (QED) is 0.788. The molecule has 1 N–H and O–H groups in total. The van der Waals surface area contributed by atoms with Crippen molar-refractivity contribution in [1.29, 1.82) is 0 Å². The van der Waals surface area contributed by atoms with Crippen molar-refractivity contribution in [2.45, 2.75) is 18.9 Å². The van der Waals surface area contributed by atoms with Crippen LogP contribution in [0.5, 0.6) is 0 Å². The molecule has 2 rings (SSSR count). The molecule has 0 bridgehead atoms. The van der Waals surface area contributed by atoms with Crippen LogP contribution in [0.4, 0.5) is 0 Å². The molecule has 0 radical (unpaired) electrons. The van der Waals surface area contributed by atoms with Crippen molar-refractivity contribution in [2.24, 2.45) is 0 Å². The highest BCUT2D eigenvalue weighted by molar-refractivity contribution is 14.1. The van der Waals surface area contributed by atoms with Gasteiger partial charge in [0, 0.05) is 11.4 Å². The van der Waals surface area contributed by atoms with Gasteiger partial charge in [0.25, 0.3) is 5.91 Å². The lowest BCUT2D eigenvalue weighted by atomic mass is 10.1. The topological polar surface area (TPSA) is 63.2 Å². The number of amides is 1. The number of carbonyl (C=O) groups is 1. The molecule has 7 heteroatoms. The molecular weight excluding hydrogens is 373 g/mol. The molecule has 0 saturated carbocycles. The van der Waals surface area contributed by atoms with Gasteiger partial charge in [-0.1, -0.05) is 0 Å². The van der Waals surface area contributed by atoms with Crippen LogP contribution in [0.1, 0.15) is 23.2 Å². The lowest BCUT2D eigenvalue weighted by Crippen LogP contribution is -2.40. The molecule has 0 aromatic carbocycles. The minimum absolute atomic E-state index is 0.0106. The highest BCUT2D eigenvalue weighted by atomic mass is 127. The Morgan fingerprint density at radius 2 is 2.06 bits per heavy atom. The molecule has 0 aliphatic carbocycles. The molecule has 1 saturated heterocycles. The fraction of sp³-hybridized carbons (Fsp3) is 0.500. The largest absolute Gasteiger partial charge is 0.349 e. The predicted octanol–water partition coefficient (Wildman–Crippen LogP) is 1.66. The lowest BCUT2D eigenvalue weighted by Gasteiger charge is -2.22. The summed E-state index contributed by atoms with van der Waals surface area (Å²) in [5.74, 6) is 0.256. The van der Waals surface area contributed by atoms with Gasteiger partial charge in [-0.3, -0.25) is 4.79 Å². The Morgan fingerprint density at radius 3 is 2.59 bits per heavy atom. The minimum Gasteiger partial charge on any atom is -0.349 e. The number of sulfone groups is 1. The Balaban J connectivity index is 1.92. The van der Waals surface area contributed by atoms with Crippen molar-refractivity contribution in [3.63, 3.8) is 0 Å². The summed E-state index contributed by atoms with van der Waals surface area (Å²) in [7, 11) is -2.86. The Morgan fingerprint density at radius 1 is 1.41 bits per heavy atom. The van der Waals surface area contributed by atoms with Gasteiger partial charge in [0.2, 0.25) is 0 Å². The van der Waals surface area contributed by atoms with Gasteiger partial charge in [0.05, 0.1) is 20.0 Å². The van der Waals surface area contributed by atoms with Crippen molar-refractivity contribution >= 4 is 49.7 Å². The Labute approximate surface area is 118 Å². The first-order chi connectivity index (χ1) is 7.96. The highest BCUT2D eigenvalue weighted by Gasteiger charge is 2.25. The van der Waals surface area contributed by atoms with Gasteiger partial charge >= 0.3 is 0 Å². The Hall–Kier alpha value is -0.150. The molecule has 17 heavy (non-hydrogen) atoms. The van der Waals surface area contributed by atoms with E-state index in [9.17, 15) is 13.2 Å². The standard InChI is InChI=1S/C10H12INO3S2/c11-9-5-7(6-16-9)10(13)12-8-1-3-17(14,15)4-2-8/h5-6,8H,1-4H2,(H,12,13). The average Bonchev–Trinajstić information content (AvgIpc) is 2.68. The maximum atomic E-state index is 11.8. The van der Waals surface area contributed by atoms with E-state index in [0.717, 1.165) is 2.88 Å². The SMILES string of the molecule is O=C(NC1CCS(=O)(=O)CC1)c1csc(I)c1. The number of thiophene rings is 1. The van der Waals surface area contributed by atoms with E-state index in [4.69, 9.17) is 0 Å². The zero-order valence-corrected chi connectivity index (χ0v) is 12.8. The van der Waals surface area contributed by atoms with Crippen LogP contribution in [0.15, 0.2) is 11.4 Å². The molecule has 1 fully saturated rings. The van der Waals surface area contributed by atoms with E-state index in [1.165, 1.54) is 11.3 Å². The number of carbonyl (C=O) groups excluding carboxylic acids is 1. The first-order valence-electron chi connectivity index (χ1n) is 5.21. The third-order valence-electron chi connectivity index (χ3n) is 2.72. The van der Waals surface area contributed by atoms with Crippen molar-refractivity contribution in [3.05, 3.63) is 19.9 Å². The van der Waals surface area contributed by atoms with Crippen LogP contribution in [-0.4, -0.2) is 31.9 Å². The lowest BCUT2D eigenvalue weighted by molar-refractivity contribution is 0.0934. The molecule has 94 valence electrons. The fourth-order valence-corrected chi connectivity index (χ4v) is 4.55. The van der Waals surface area contributed by atoms with Crippen molar-refractivity contribution in [2.75, 3.05) is 11.5 Å². The molecule has 1 aliphatic rings. The normalized spacial score (nSPS) is 20.1. The van der Waals surface area contributed by atoms with Gasteiger partial charge in [-0.25, -0.2) is 8.42 Å². The van der Waals surface area contributed by atoms with E-state index in [1.54, 1.807) is 0 Å². The van der Waals surface area contributed by atoms with Crippen molar-refractivity contribution in [3.8, 4) is 0 Å². The molecule has 0 atom stereocenters. The summed E-state index contributed by atoms with van der Waals surface area (Å²) < 4.78 is 23.6. The van der Waals surface area contributed by atoms with E-state index in [-0.39, 0.29) is 23.5 Å². The second-order valence-electron chi connectivity index (χ2n) is 4.04. The minimum atomic E-state index is -2.86. The van der Waals surface area contributed by atoms with Crippen LogP contribution in [0.2, 0.25) is 0 Å². The molecule has 2 heterocycles. The van der Waals surface area contributed by atoms with Gasteiger partial charge in [-0.2, -0.15) is 0 Å². The number of rotatable bonds is 2. The van der Waals surface area contributed by atoms with Crippen LogP contribution in [0.3, 0.4) is 0 Å². The summed E-state index contributed by atoms with van der Waals surface area (Å²) in [6.45, 7) is 0. The van der Waals surface area contributed by atoms with Gasteiger partial charge < -0.3 is 5.32 Å². The van der Waals surface area contributed by atoms with Gasteiger partial charge in [0.1, 0.15) is 9.84 Å². The van der Waals surface area contributed by atoms with Crippen LogP contribution >= 0.6 is 33.9 Å². The molecule has 4 nitrogen and oxygen atoms in total. The van der Waals surface area contributed by atoms with E-state index >= 15 is 0 Å². The Kier molecular flexibility index (Phi) is 4.09. The molecule has 1 amide bonds. The van der Waals surface area contributed by atoms with Crippen molar-refractivity contribution < 1.29 is 13.2 Å². The number of halogens is 1. The maximum absolute atomic E-state index is 11.8. The fourth-order valence-electron chi connectivity index (χ4n) is 1.73. The van der Waals surface area contributed by atoms with Gasteiger partial charge in [-0.15, -0.1) is 11.3 Å². The molecule has 0 spiro atoms. The van der Waals surface area contributed by atoms with Gasteiger partial charge in [-0.05, 0) is 41.5 Å². The van der Waals surface area contributed by atoms with Crippen LogP contribution in [0.25, 0.3) is 0 Å². The summed E-state index contributed by atoms with van der Waals surface area (Å²) in [6, 6.07) is 1.82. The van der Waals surface area contributed by atoms with Crippen LogP contribution in [-0.2, 0) is 9.84 Å². The zero-order valence-electron chi connectivity index (χ0n) is 8.98. The molecule has 1 aromatic heterocycles. The predicted molar refractivity (Wildman–Crippen MR) is 76.2 cm³/mol. The molecule has 1 aliphatic heterocycles. The van der Waals surface area contributed by atoms with E-state index in [2.05, 4.69) is 27.9 Å².